The topological polar surface area (TPSA) is 74.2 Å². The average molecular weight is 539 g/mol. The van der Waals surface area contributed by atoms with Crippen LogP contribution in [0.1, 0.15) is 56.2 Å². The van der Waals surface area contributed by atoms with Gasteiger partial charge in [-0.1, -0.05) is 32.4 Å². The smallest absolute Gasteiger partial charge is 0.366 e. The normalized spacial score (nSPS) is 17.5. The number of benzene rings is 1. The van der Waals surface area contributed by atoms with E-state index in [2.05, 4.69) is 34.0 Å². The fourth-order valence-corrected chi connectivity index (χ4v) is 5.28. The highest BCUT2D eigenvalue weighted by atomic mass is 19.4. The first-order chi connectivity index (χ1) is 18.6. The number of urea groups is 1. The summed E-state index contributed by atoms with van der Waals surface area (Å²) in [6.45, 7) is 7.72. The maximum atomic E-state index is 13.6. The predicted octanol–water partition coefficient (Wildman–Crippen LogP) is 6.87. The molecule has 5 rings (SSSR count). The Balaban J connectivity index is 1.45. The second-order valence-corrected chi connectivity index (χ2v) is 10.6. The molecule has 3 aromatic rings. The summed E-state index contributed by atoms with van der Waals surface area (Å²) >= 11 is 0. The number of piperidine rings is 1. The lowest BCUT2D eigenvalue weighted by atomic mass is 9.97. The molecule has 39 heavy (non-hydrogen) atoms. The van der Waals surface area contributed by atoms with E-state index < -0.39 is 17.8 Å². The molecule has 2 aliphatic rings. The van der Waals surface area contributed by atoms with E-state index >= 15 is 0 Å². The van der Waals surface area contributed by atoms with Crippen molar-refractivity contribution < 1.29 is 18.0 Å². The van der Waals surface area contributed by atoms with Crippen molar-refractivity contribution in [2.45, 2.75) is 65.1 Å². The van der Waals surface area contributed by atoms with Gasteiger partial charge in [-0.25, -0.2) is 19.7 Å². The van der Waals surface area contributed by atoms with Gasteiger partial charge in [0, 0.05) is 31.0 Å². The Morgan fingerprint density at radius 1 is 1.21 bits per heavy atom. The van der Waals surface area contributed by atoms with E-state index in [1.54, 1.807) is 23.4 Å². The van der Waals surface area contributed by atoms with Crippen LogP contribution in [0.25, 0.3) is 11.3 Å². The molecular weight excluding hydrogens is 505 g/mol. The van der Waals surface area contributed by atoms with Gasteiger partial charge in [0.1, 0.15) is 0 Å². The monoisotopic (exact) mass is 538 g/mol. The van der Waals surface area contributed by atoms with Gasteiger partial charge in [-0.2, -0.15) is 13.2 Å². The number of aryl methyl sites for hydroxylation is 2. The van der Waals surface area contributed by atoms with Crippen molar-refractivity contribution in [1.82, 2.24) is 15.0 Å². The molecule has 0 spiro atoms. The quantitative estimate of drug-likeness (QED) is 0.371. The summed E-state index contributed by atoms with van der Waals surface area (Å²) in [7, 11) is 0. The minimum Gasteiger partial charge on any atom is -0.366 e. The van der Waals surface area contributed by atoms with Gasteiger partial charge in [0.15, 0.2) is 5.82 Å². The molecule has 2 atom stereocenters. The third-order valence-electron chi connectivity index (χ3n) is 7.73. The minimum absolute atomic E-state index is 0.120. The van der Waals surface area contributed by atoms with Crippen molar-refractivity contribution in [3.63, 3.8) is 0 Å². The number of aromatic nitrogens is 3. The molecule has 2 bridgehead atoms. The van der Waals surface area contributed by atoms with E-state index in [9.17, 15) is 18.0 Å². The highest BCUT2D eigenvalue weighted by molar-refractivity contribution is 6.04. The lowest BCUT2D eigenvalue weighted by Gasteiger charge is -2.46. The standard InChI is InChI=1S/C29H33F3N6O/c1-4-18(2)10-11-20-15-33-27(34-16-20)36-28(39)38-23-9-6-12-37(17-23)24-13-19(3)25(35-26(24)38)21-7-5-8-22(14-21)29(30,31)32/h5,7-8,13-16,18,23H,4,6,9-12,17H2,1-3H3,(H,33,34,36,39)/t18-,23+/m1/s1. The molecule has 2 aliphatic heterocycles. The van der Waals surface area contributed by atoms with Gasteiger partial charge in [-0.15, -0.1) is 0 Å². The lowest BCUT2D eigenvalue weighted by Crippen LogP contribution is -2.56. The van der Waals surface area contributed by atoms with Crippen LogP contribution in [0.3, 0.4) is 0 Å². The molecule has 1 N–H and O–H groups in total. The summed E-state index contributed by atoms with van der Waals surface area (Å²) in [6, 6.07) is 6.54. The van der Waals surface area contributed by atoms with Gasteiger partial charge in [0.05, 0.1) is 23.0 Å². The number of anilines is 3. The van der Waals surface area contributed by atoms with Crippen LogP contribution >= 0.6 is 0 Å². The van der Waals surface area contributed by atoms with E-state index in [0.29, 0.717) is 29.5 Å². The third kappa shape index (κ3) is 5.69. The fourth-order valence-electron chi connectivity index (χ4n) is 5.28. The van der Waals surface area contributed by atoms with Crippen molar-refractivity contribution in [2.75, 3.05) is 28.2 Å². The van der Waals surface area contributed by atoms with Crippen LogP contribution in [0.15, 0.2) is 42.7 Å². The van der Waals surface area contributed by atoms with E-state index in [1.807, 2.05) is 13.0 Å². The van der Waals surface area contributed by atoms with Gasteiger partial charge < -0.3 is 4.90 Å². The van der Waals surface area contributed by atoms with Gasteiger partial charge in [0.25, 0.3) is 0 Å². The maximum absolute atomic E-state index is 13.6. The Morgan fingerprint density at radius 2 is 1.97 bits per heavy atom. The van der Waals surface area contributed by atoms with Crippen LogP contribution in [-0.4, -0.2) is 40.1 Å². The number of hydrogen-bond donors (Lipinski definition) is 1. The summed E-state index contributed by atoms with van der Waals surface area (Å²) < 4.78 is 40.2. The second kappa shape index (κ2) is 10.8. The Labute approximate surface area is 226 Å². The highest BCUT2D eigenvalue weighted by Crippen LogP contribution is 2.41. The Morgan fingerprint density at radius 3 is 2.69 bits per heavy atom. The molecule has 1 saturated heterocycles. The number of hydrogen-bond acceptors (Lipinski definition) is 5. The molecule has 4 heterocycles. The third-order valence-corrected chi connectivity index (χ3v) is 7.73. The van der Waals surface area contributed by atoms with Crippen molar-refractivity contribution >= 4 is 23.5 Å². The first kappa shape index (κ1) is 26.9. The number of pyridine rings is 1. The van der Waals surface area contributed by atoms with Crippen molar-refractivity contribution in [2.24, 2.45) is 5.92 Å². The molecule has 2 aromatic heterocycles. The molecule has 1 aromatic carbocycles. The first-order valence-corrected chi connectivity index (χ1v) is 13.5. The number of nitrogens with zero attached hydrogens (tertiary/aromatic N) is 5. The number of alkyl halides is 3. The zero-order chi connectivity index (χ0) is 27.7. The number of carbonyl (C=O) groups is 1. The summed E-state index contributed by atoms with van der Waals surface area (Å²) in [5, 5.41) is 2.82. The zero-order valence-electron chi connectivity index (χ0n) is 22.4. The number of nitrogens with one attached hydrogen (secondary N) is 1. The van der Waals surface area contributed by atoms with Gasteiger partial charge >= 0.3 is 12.2 Å². The summed E-state index contributed by atoms with van der Waals surface area (Å²) in [4.78, 5) is 31.0. The number of fused-ring (bicyclic) bond motifs is 4. The highest BCUT2D eigenvalue weighted by Gasteiger charge is 2.39. The number of rotatable bonds is 6. The molecule has 7 nitrogen and oxygen atoms in total. The molecule has 0 saturated carbocycles. The van der Waals surface area contributed by atoms with Crippen LogP contribution in [0.5, 0.6) is 0 Å². The fraction of sp³-hybridized carbons (Fsp3) is 0.448. The van der Waals surface area contributed by atoms with E-state index in [-0.39, 0.29) is 12.0 Å². The van der Waals surface area contributed by atoms with Crippen LogP contribution < -0.4 is 15.1 Å². The molecule has 10 heteroatoms. The van der Waals surface area contributed by atoms with Gasteiger partial charge in [-0.05, 0) is 67.9 Å². The number of halogens is 3. The van der Waals surface area contributed by atoms with E-state index in [4.69, 9.17) is 4.98 Å². The zero-order valence-corrected chi connectivity index (χ0v) is 22.4. The van der Waals surface area contributed by atoms with Crippen LogP contribution in [0, 0.1) is 12.8 Å². The molecule has 0 radical (unpaired) electrons. The molecular formula is C29H33F3N6O. The second-order valence-electron chi connectivity index (χ2n) is 10.6. The molecule has 0 unspecified atom stereocenters. The van der Waals surface area contributed by atoms with Crippen LogP contribution in [-0.2, 0) is 12.6 Å². The van der Waals surface area contributed by atoms with E-state index in [0.717, 1.165) is 67.6 Å². The van der Waals surface area contributed by atoms with E-state index in [1.165, 1.54) is 6.07 Å². The minimum atomic E-state index is -4.46. The Bertz CT molecular complexity index is 1340. The van der Waals surface area contributed by atoms with Crippen LogP contribution in [0.2, 0.25) is 0 Å². The van der Waals surface area contributed by atoms with Gasteiger partial charge in [-0.3, -0.25) is 10.2 Å². The molecule has 206 valence electrons. The lowest BCUT2D eigenvalue weighted by molar-refractivity contribution is -0.137. The number of amides is 2. The average Bonchev–Trinajstić information content (AvgIpc) is 2.92. The summed E-state index contributed by atoms with van der Waals surface area (Å²) in [5.74, 6) is 1.26. The maximum Gasteiger partial charge on any atom is 0.416 e. The largest absolute Gasteiger partial charge is 0.416 e. The first-order valence-electron chi connectivity index (χ1n) is 13.5. The molecule has 2 amide bonds. The van der Waals surface area contributed by atoms with Crippen LogP contribution in [0.4, 0.5) is 35.4 Å². The Hall–Kier alpha value is -3.69. The van der Waals surface area contributed by atoms with Crippen molar-refractivity contribution in [3.05, 3.63) is 59.4 Å². The van der Waals surface area contributed by atoms with Crippen molar-refractivity contribution in [1.29, 1.82) is 0 Å². The summed E-state index contributed by atoms with van der Waals surface area (Å²) in [5.41, 5.74) is 2.60. The summed E-state index contributed by atoms with van der Waals surface area (Å²) in [6.07, 6.45) is 3.78. The SMILES string of the molecule is CC[C@@H](C)CCc1cnc(NC(=O)N2c3nc(-c4cccc(C(F)(F)F)c4)c(C)cc3N3CCC[C@H]2C3)nc1. The predicted molar refractivity (Wildman–Crippen MR) is 146 cm³/mol. The molecule has 0 aliphatic carbocycles. The number of carbonyl (C=O) groups excluding carboxylic acids is 1. The van der Waals surface area contributed by atoms with Gasteiger partial charge in [0.2, 0.25) is 5.95 Å². The molecule has 1 fully saturated rings. The Kier molecular flexibility index (Phi) is 7.46. The van der Waals surface area contributed by atoms with Crippen molar-refractivity contribution in [3.8, 4) is 11.3 Å².